The molecule has 0 spiro atoms. The number of benzene rings is 5. The number of rotatable bonds is 11. The van der Waals surface area contributed by atoms with Gasteiger partial charge in [-0.05, 0) is 216 Å². The van der Waals surface area contributed by atoms with Crippen molar-refractivity contribution < 1.29 is 26.7 Å². The fourth-order valence-corrected chi connectivity index (χ4v) is 14.8. The summed E-state index contributed by atoms with van der Waals surface area (Å²) in [5.74, 6) is -0.305. The minimum absolute atomic E-state index is 0.0498. The molecule has 0 aliphatic carbocycles. The van der Waals surface area contributed by atoms with Gasteiger partial charge in [-0.1, -0.05) is 78.3 Å². The van der Waals surface area contributed by atoms with E-state index in [9.17, 15) is 22.0 Å². The maximum absolute atomic E-state index is 14.6. The zero-order valence-corrected chi connectivity index (χ0v) is 63.9. The van der Waals surface area contributed by atoms with Crippen molar-refractivity contribution in [3.8, 4) is 89.9 Å². The first-order valence-corrected chi connectivity index (χ1v) is 37.6. The van der Waals surface area contributed by atoms with Crippen molar-refractivity contribution in [2.24, 2.45) is 0 Å². The third-order valence-corrected chi connectivity index (χ3v) is 20.3. The molecule has 0 fully saturated rings. The Morgan fingerprint density at radius 3 is 1.36 bits per heavy atom. The largest absolute Gasteiger partial charge is 0.416 e. The Bertz CT molecular complexity index is 7270. The molecule has 4 N–H and O–H groups in total. The van der Waals surface area contributed by atoms with Gasteiger partial charge >= 0.3 is 6.18 Å². The summed E-state index contributed by atoms with van der Waals surface area (Å²) >= 11 is 6.15. The van der Waals surface area contributed by atoms with Gasteiger partial charge in [-0.3, -0.25) is 19.9 Å². The molecule has 20 aromatic rings. The van der Waals surface area contributed by atoms with Crippen LogP contribution in [0.25, 0.3) is 177 Å². The first-order valence-electron chi connectivity index (χ1n) is 37.3. The van der Waals surface area contributed by atoms with Gasteiger partial charge in [0.1, 0.15) is 23.3 Å². The summed E-state index contributed by atoms with van der Waals surface area (Å²) < 4.78 is 76.5. The average molecular weight is 1580 g/mol. The molecule has 0 radical (unpaired) electrons. The molecular formula is C94H65ClF5N17O. The summed E-state index contributed by atoms with van der Waals surface area (Å²) in [4.78, 5) is 62.7. The highest BCUT2D eigenvalue weighted by Crippen LogP contribution is 2.43. The fraction of sp³-hybridized carbons (Fsp3) is 0.0638. The maximum Gasteiger partial charge on any atom is 0.416 e. The zero-order chi connectivity index (χ0) is 81.1. The second kappa shape index (κ2) is 32.5. The SMILES string of the molecule is COCCn1cc(-c2cc(-c3cc(Cl)ccc3F)nc3ncccc23)c2ccccc21.Cc1cccc(-c2cc(-c3cccc4c(N)nccc34)c3cccnc3n2)n1.Cc1cccc(-c2cc(-c3nccc4cnccc34)c3cccnc3n2)n1.Nc1nccc2c(-c3cc(-c4cc(C(F)(F)F)ccc4F)nc4ncccc34)cccc12. The molecule has 0 aliphatic heterocycles. The molecule has 0 bridgehead atoms. The van der Waals surface area contributed by atoms with Crippen LogP contribution in [0.3, 0.4) is 0 Å². The van der Waals surface area contributed by atoms with Crippen LogP contribution in [0.5, 0.6) is 0 Å². The lowest BCUT2D eigenvalue weighted by molar-refractivity contribution is -0.137. The number of alkyl halides is 3. The van der Waals surface area contributed by atoms with Crippen LogP contribution in [-0.4, -0.2) is 88.1 Å². The summed E-state index contributed by atoms with van der Waals surface area (Å²) in [6, 6.07) is 69.2. The minimum Gasteiger partial charge on any atom is -0.383 e. The number of fused-ring (bicyclic) bond motifs is 8. The van der Waals surface area contributed by atoms with E-state index in [1.165, 1.54) is 18.3 Å². The Labute approximate surface area is 675 Å². The molecule has 5 aromatic carbocycles. The third-order valence-electron chi connectivity index (χ3n) is 20.1. The quantitative estimate of drug-likeness (QED) is 0.114. The van der Waals surface area contributed by atoms with Gasteiger partial charge in [0.05, 0.1) is 52.0 Å². The van der Waals surface area contributed by atoms with Crippen LogP contribution >= 0.6 is 11.6 Å². The molecule has 0 unspecified atom stereocenters. The number of nitrogens with zero attached hydrogens (tertiary/aromatic N) is 15. The Morgan fingerprint density at radius 1 is 0.364 bits per heavy atom. The fourth-order valence-electron chi connectivity index (χ4n) is 14.6. The smallest absolute Gasteiger partial charge is 0.383 e. The van der Waals surface area contributed by atoms with Crippen molar-refractivity contribution in [2.45, 2.75) is 26.6 Å². The van der Waals surface area contributed by atoms with E-state index in [0.717, 1.165) is 151 Å². The van der Waals surface area contributed by atoms with Gasteiger partial charge in [0, 0.05) is 168 Å². The number of halogens is 6. The van der Waals surface area contributed by atoms with E-state index < -0.39 is 17.6 Å². The lowest BCUT2D eigenvalue weighted by Gasteiger charge is -2.14. The van der Waals surface area contributed by atoms with Crippen LogP contribution in [0.2, 0.25) is 5.02 Å². The number of anilines is 2. The molecule has 0 aliphatic rings. The summed E-state index contributed by atoms with van der Waals surface area (Å²) in [5, 5.41) is 10.7. The number of hydrogen-bond donors (Lipinski definition) is 2. The van der Waals surface area contributed by atoms with Gasteiger partial charge in [-0.25, -0.2) is 58.6 Å². The number of hydrogen-bond acceptors (Lipinski definition) is 17. The predicted molar refractivity (Wildman–Crippen MR) is 457 cm³/mol. The second-order valence-electron chi connectivity index (χ2n) is 27.6. The first-order chi connectivity index (χ1) is 57.5. The highest BCUT2D eigenvalue weighted by Gasteiger charge is 2.32. The first kappa shape index (κ1) is 75.7. The number of aryl methyl sites for hydroxylation is 2. The van der Waals surface area contributed by atoms with Crippen molar-refractivity contribution in [3.05, 3.63) is 326 Å². The van der Waals surface area contributed by atoms with Crippen molar-refractivity contribution in [2.75, 3.05) is 25.2 Å². The van der Waals surface area contributed by atoms with E-state index in [0.29, 0.717) is 68.5 Å². The molecule has 574 valence electrons. The van der Waals surface area contributed by atoms with Gasteiger partial charge < -0.3 is 20.8 Å². The zero-order valence-electron chi connectivity index (χ0n) is 63.2. The summed E-state index contributed by atoms with van der Waals surface area (Å²) in [6.45, 7) is 5.29. The van der Waals surface area contributed by atoms with Crippen LogP contribution in [0.4, 0.5) is 33.6 Å². The minimum atomic E-state index is -4.61. The van der Waals surface area contributed by atoms with Crippen molar-refractivity contribution in [1.82, 2.24) is 74.3 Å². The van der Waals surface area contributed by atoms with E-state index in [1.54, 1.807) is 74.6 Å². The van der Waals surface area contributed by atoms with Gasteiger partial charge in [-0.2, -0.15) is 13.2 Å². The topological polar surface area (TPSA) is 247 Å². The van der Waals surface area contributed by atoms with Crippen LogP contribution in [0.1, 0.15) is 17.0 Å². The van der Waals surface area contributed by atoms with Crippen molar-refractivity contribution >= 4 is 111 Å². The molecule has 15 heterocycles. The Morgan fingerprint density at radius 2 is 0.822 bits per heavy atom. The number of methoxy groups -OCH3 is 1. The van der Waals surface area contributed by atoms with Crippen LogP contribution in [0, 0.1) is 25.5 Å². The Balaban J connectivity index is 0.000000113. The molecule has 0 amide bonds. The monoisotopic (exact) mass is 1580 g/mol. The second-order valence-corrected chi connectivity index (χ2v) is 28.0. The van der Waals surface area contributed by atoms with Crippen LogP contribution in [0.15, 0.2) is 292 Å². The van der Waals surface area contributed by atoms with Crippen LogP contribution < -0.4 is 11.5 Å². The van der Waals surface area contributed by atoms with E-state index in [4.69, 9.17) is 37.8 Å². The van der Waals surface area contributed by atoms with E-state index in [-0.39, 0.29) is 22.7 Å². The Kier molecular flexibility index (Phi) is 20.9. The van der Waals surface area contributed by atoms with Crippen molar-refractivity contribution in [1.29, 1.82) is 0 Å². The molecule has 0 saturated carbocycles. The number of aromatic nitrogens is 15. The normalized spacial score (nSPS) is 11.4. The highest BCUT2D eigenvalue weighted by molar-refractivity contribution is 6.31. The van der Waals surface area contributed by atoms with E-state index >= 15 is 0 Å². The number of para-hydroxylation sites is 1. The maximum atomic E-state index is 14.6. The number of ether oxygens (including phenoxy) is 1. The lowest BCUT2D eigenvalue weighted by Crippen LogP contribution is -2.05. The molecule has 24 heteroatoms. The molecule has 0 saturated heterocycles. The van der Waals surface area contributed by atoms with Gasteiger partial charge in [0.15, 0.2) is 22.6 Å². The van der Waals surface area contributed by atoms with Crippen LogP contribution in [-0.2, 0) is 17.5 Å². The molecular weight excluding hydrogens is 1510 g/mol. The third kappa shape index (κ3) is 15.3. The summed E-state index contributed by atoms with van der Waals surface area (Å²) in [6.07, 6.45) is 13.0. The number of pyridine rings is 14. The molecule has 20 rings (SSSR count). The average Bonchev–Trinajstić information content (AvgIpc) is 0.814. The van der Waals surface area contributed by atoms with Gasteiger partial charge in [0.2, 0.25) is 0 Å². The lowest BCUT2D eigenvalue weighted by atomic mass is 9.95. The number of nitrogens with two attached hydrogens (primary N) is 2. The molecule has 18 nitrogen and oxygen atoms in total. The molecule has 15 aromatic heterocycles. The number of nitrogen functional groups attached to an aromatic ring is 2. The van der Waals surface area contributed by atoms with Crippen molar-refractivity contribution in [3.63, 3.8) is 0 Å². The standard InChI is InChI=1S/C25H19ClFN3O.C24H14F4N4.C23H17N5.C22H15N5/c1-31-12-11-30-15-21(17-5-2-3-7-24(17)30)19-14-23(20-13-16(26)8-9-22(20)27)29-25-18(19)6-4-10-28-25;25-20-7-6-13(24(26,27)28)11-19(20)21-12-18(17-5-2-9-31-23(17)32-21)14-3-1-4-16-15(14)8-10-30-22(16)29;1-14-5-2-9-20(27-14)21-13-19(18-8-4-11-26-23(18)28-21)15-6-3-7-17-16(15)10-12-25-22(17)24;1-14-4-2-6-19(26-14)20-12-18(17-5-3-9-25-22(17)27-20)21-16-8-10-23-13-15(16)7-11-24-21/h2-10,13-15H,11-12H2,1H3;1-12H,(H2,29,30);2-13H,1H3,(H2,24,25);2-13H,1H3. The predicted octanol–water partition coefficient (Wildman–Crippen LogP) is 22.0. The van der Waals surface area contributed by atoms with E-state index in [2.05, 4.69) is 94.8 Å². The Hall–Kier alpha value is -14.9. The summed E-state index contributed by atoms with van der Waals surface area (Å²) in [5.41, 5.74) is 27.7. The summed E-state index contributed by atoms with van der Waals surface area (Å²) in [7, 11) is 1.69. The highest BCUT2D eigenvalue weighted by atomic mass is 35.5. The van der Waals surface area contributed by atoms with Gasteiger partial charge in [0.25, 0.3) is 0 Å². The van der Waals surface area contributed by atoms with E-state index in [1.807, 2.05) is 172 Å². The molecule has 0 atom stereocenters. The van der Waals surface area contributed by atoms with Gasteiger partial charge in [-0.15, -0.1) is 0 Å². The molecule has 118 heavy (non-hydrogen) atoms.